The quantitative estimate of drug-likeness (QED) is 0.533. The predicted molar refractivity (Wildman–Crippen MR) is 74.1 cm³/mol. The summed E-state index contributed by atoms with van der Waals surface area (Å²) in [7, 11) is 0. The minimum atomic E-state index is -0.568. The van der Waals surface area contributed by atoms with Gasteiger partial charge in [-0.2, -0.15) is 0 Å². The molecule has 0 saturated heterocycles. The van der Waals surface area contributed by atoms with Gasteiger partial charge in [-0.25, -0.2) is 18.7 Å². The van der Waals surface area contributed by atoms with Gasteiger partial charge < -0.3 is 5.73 Å². The highest BCUT2D eigenvalue weighted by molar-refractivity contribution is 7.99. The average molecular weight is 299 g/mol. The van der Waals surface area contributed by atoms with Gasteiger partial charge in [0.25, 0.3) is 0 Å². The smallest absolute Gasteiger partial charge is 0.190 e. The first-order valence-corrected chi connectivity index (χ1v) is 7.55. The zero-order valence-electron chi connectivity index (χ0n) is 10.1. The summed E-state index contributed by atoms with van der Waals surface area (Å²) < 4.78 is 26.9. The van der Waals surface area contributed by atoms with E-state index in [1.54, 1.807) is 6.07 Å². The summed E-state index contributed by atoms with van der Waals surface area (Å²) in [6.07, 6.45) is 1.87. The van der Waals surface area contributed by atoms with Crippen molar-refractivity contribution in [3.05, 3.63) is 41.5 Å². The molecule has 0 fully saturated rings. The molecule has 2 N–H and O–H groups in total. The van der Waals surface area contributed by atoms with Crippen LogP contribution in [0.15, 0.2) is 34.4 Å². The molecule has 1 aromatic heterocycles. The first-order valence-electron chi connectivity index (χ1n) is 5.34. The van der Waals surface area contributed by atoms with Crippen LogP contribution in [-0.2, 0) is 5.75 Å². The average Bonchev–Trinajstić information content (AvgIpc) is 2.37. The molecule has 19 heavy (non-hydrogen) atoms. The highest BCUT2D eigenvalue weighted by Crippen LogP contribution is 2.25. The molecule has 1 heterocycles. The molecule has 100 valence electrons. The minimum absolute atomic E-state index is 0.0178. The van der Waals surface area contributed by atoms with Crippen molar-refractivity contribution in [3.63, 3.8) is 0 Å². The van der Waals surface area contributed by atoms with Crippen LogP contribution in [0.4, 0.5) is 14.6 Å². The minimum Gasteiger partial charge on any atom is -0.384 e. The maximum atomic E-state index is 13.5. The van der Waals surface area contributed by atoms with Crippen molar-refractivity contribution in [2.45, 2.75) is 15.9 Å². The summed E-state index contributed by atoms with van der Waals surface area (Å²) in [5.41, 5.74) is 5.66. The van der Waals surface area contributed by atoms with Crippen molar-refractivity contribution >= 4 is 29.3 Å². The summed E-state index contributed by atoms with van der Waals surface area (Å²) in [6, 6.07) is 5.44. The van der Waals surface area contributed by atoms with E-state index in [0.717, 1.165) is 16.8 Å². The number of hydrogen-bond acceptors (Lipinski definition) is 5. The lowest BCUT2D eigenvalue weighted by atomic mass is 10.2. The fourth-order valence-corrected chi connectivity index (χ4v) is 2.75. The van der Waals surface area contributed by atoms with Crippen LogP contribution in [-0.4, -0.2) is 16.2 Å². The standard InChI is InChI=1S/C12H11F2N3S2/c1-18-11-5-10(15)16-12(17-11)19-6-7-8(13)3-2-4-9(7)14/h2-5H,6H2,1H3,(H2,15,16,17). The van der Waals surface area contributed by atoms with Crippen LogP contribution in [0.5, 0.6) is 0 Å². The van der Waals surface area contributed by atoms with E-state index in [1.165, 1.54) is 30.0 Å². The molecule has 7 heteroatoms. The highest BCUT2D eigenvalue weighted by atomic mass is 32.2. The summed E-state index contributed by atoms with van der Waals surface area (Å²) in [6.45, 7) is 0. The van der Waals surface area contributed by atoms with Gasteiger partial charge in [0.2, 0.25) is 0 Å². The maximum Gasteiger partial charge on any atom is 0.190 e. The van der Waals surface area contributed by atoms with Crippen molar-refractivity contribution in [1.29, 1.82) is 0 Å². The van der Waals surface area contributed by atoms with Crippen LogP contribution in [0, 0.1) is 11.6 Å². The van der Waals surface area contributed by atoms with Crippen LogP contribution in [0.3, 0.4) is 0 Å². The molecule has 0 aliphatic heterocycles. The zero-order valence-corrected chi connectivity index (χ0v) is 11.7. The number of hydrogen-bond donors (Lipinski definition) is 1. The number of nitrogens with zero attached hydrogens (tertiary/aromatic N) is 2. The van der Waals surface area contributed by atoms with Gasteiger partial charge in [0.1, 0.15) is 22.5 Å². The number of aromatic nitrogens is 2. The Morgan fingerprint density at radius 1 is 1.21 bits per heavy atom. The first-order chi connectivity index (χ1) is 9.10. The Morgan fingerprint density at radius 3 is 2.53 bits per heavy atom. The second kappa shape index (κ2) is 6.21. The fourth-order valence-electron chi connectivity index (χ4n) is 1.40. The lowest BCUT2D eigenvalue weighted by Gasteiger charge is -2.05. The Hall–Kier alpha value is -1.34. The molecule has 1 aromatic carbocycles. The Bertz CT molecular complexity index is 573. The van der Waals surface area contributed by atoms with Crippen molar-refractivity contribution in [3.8, 4) is 0 Å². The van der Waals surface area contributed by atoms with Crippen LogP contribution in [0.1, 0.15) is 5.56 Å². The Balaban J connectivity index is 2.16. The van der Waals surface area contributed by atoms with Gasteiger partial charge in [0.15, 0.2) is 5.16 Å². The van der Waals surface area contributed by atoms with E-state index in [9.17, 15) is 8.78 Å². The third-order valence-corrected chi connectivity index (χ3v) is 3.82. The number of halogens is 2. The van der Waals surface area contributed by atoms with Crippen molar-refractivity contribution in [1.82, 2.24) is 9.97 Å². The van der Waals surface area contributed by atoms with Gasteiger partial charge in [-0.1, -0.05) is 17.8 Å². The molecule has 0 saturated carbocycles. The molecular weight excluding hydrogens is 288 g/mol. The Labute approximate surface area is 118 Å². The first kappa shape index (κ1) is 14.1. The van der Waals surface area contributed by atoms with Gasteiger partial charge in [-0.15, -0.1) is 11.8 Å². The van der Waals surface area contributed by atoms with E-state index >= 15 is 0 Å². The van der Waals surface area contributed by atoms with Gasteiger partial charge in [-0.05, 0) is 18.4 Å². The SMILES string of the molecule is CSc1cc(N)nc(SCc2c(F)cccc2F)n1. The number of benzene rings is 1. The van der Waals surface area contributed by atoms with Crippen molar-refractivity contribution in [2.24, 2.45) is 0 Å². The maximum absolute atomic E-state index is 13.5. The van der Waals surface area contributed by atoms with Gasteiger partial charge >= 0.3 is 0 Å². The van der Waals surface area contributed by atoms with Crippen LogP contribution in [0.2, 0.25) is 0 Å². The third kappa shape index (κ3) is 3.57. The fraction of sp³-hybridized carbons (Fsp3) is 0.167. The molecule has 3 nitrogen and oxygen atoms in total. The second-order valence-corrected chi connectivity index (χ2v) is 5.38. The van der Waals surface area contributed by atoms with Gasteiger partial charge in [0, 0.05) is 17.4 Å². The third-order valence-electron chi connectivity index (χ3n) is 2.32. The Kier molecular flexibility index (Phi) is 4.60. The second-order valence-electron chi connectivity index (χ2n) is 3.61. The van der Waals surface area contributed by atoms with Crippen LogP contribution in [0.25, 0.3) is 0 Å². The topological polar surface area (TPSA) is 51.8 Å². The van der Waals surface area contributed by atoms with Crippen molar-refractivity contribution in [2.75, 3.05) is 12.0 Å². The van der Waals surface area contributed by atoms with Crippen LogP contribution >= 0.6 is 23.5 Å². The normalized spacial score (nSPS) is 10.7. The van der Waals surface area contributed by atoms with Gasteiger partial charge in [-0.3, -0.25) is 0 Å². The molecule has 2 rings (SSSR count). The zero-order chi connectivity index (χ0) is 13.8. The van der Waals surface area contributed by atoms with E-state index in [-0.39, 0.29) is 11.3 Å². The van der Waals surface area contributed by atoms with Crippen LogP contribution < -0.4 is 5.73 Å². The predicted octanol–water partition coefficient (Wildman–Crippen LogP) is 3.35. The molecular formula is C12H11F2N3S2. The van der Waals surface area contributed by atoms with Crippen molar-refractivity contribution < 1.29 is 8.78 Å². The number of rotatable bonds is 4. The molecule has 0 aliphatic carbocycles. The highest BCUT2D eigenvalue weighted by Gasteiger charge is 2.10. The number of anilines is 1. The number of thioether (sulfide) groups is 2. The van der Waals surface area contributed by atoms with E-state index in [0.29, 0.717) is 11.0 Å². The van der Waals surface area contributed by atoms with E-state index in [2.05, 4.69) is 9.97 Å². The summed E-state index contributed by atoms with van der Waals surface area (Å²) in [5.74, 6) is -0.672. The summed E-state index contributed by atoms with van der Waals surface area (Å²) in [4.78, 5) is 8.24. The lowest BCUT2D eigenvalue weighted by molar-refractivity contribution is 0.566. The van der Waals surface area contributed by atoms with E-state index < -0.39 is 11.6 Å². The monoisotopic (exact) mass is 299 g/mol. The lowest BCUT2D eigenvalue weighted by Crippen LogP contribution is -1.98. The summed E-state index contributed by atoms with van der Waals surface area (Å²) in [5, 5.41) is 1.14. The Morgan fingerprint density at radius 2 is 1.89 bits per heavy atom. The molecule has 0 unspecified atom stereocenters. The largest absolute Gasteiger partial charge is 0.384 e. The van der Waals surface area contributed by atoms with E-state index in [4.69, 9.17) is 5.73 Å². The molecule has 0 atom stereocenters. The number of nitrogen functional groups attached to an aromatic ring is 1. The molecule has 2 aromatic rings. The summed E-state index contributed by atoms with van der Waals surface area (Å²) >= 11 is 2.58. The van der Waals surface area contributed by atoms with E-state index in [1.807, 2.05) is 6.26 Å². The molecule has 0 aliphatic rings. The molecule has 0 radical (unpaired) electrons. The molecule has 0 amide bonds. The molecule has 0 spiro atoms. The molecule has 0 bridgehead atoms. The van der Waals surface area contributed by atoms with Gasteiger partial charge in [0.05, 0.1) is 0 Å². The number of nitrogens with two attached hydrogens (primary N) is 1.